The average Bonchev–Trinajstić information content (AvgIpc) is 3.06. The third kappa shape index (κ3) is 4.07. The first-order valence-electron chi connectivity index (χ1n) is 7.46. The number of hydrogen-bond acceptors (Lipinski definition) is 4. The number of carbonyl (C=O) groups is 1. The van der Waals surface area contributed by atoms with E-state index in [1.165, 1.54) is 0 Å². The lowest BCUT2D eigenvalue weighted by Gasteiger charge is -2.06. The highest BCUT2D eigenvalue weighted by Gasteiger charge is 2.18. The first-order chi connectivity index (χ1) is 12.1. The second-order valence-corrected chi connectivity index (χ2v) is 6.49. The van der Waals surface area contributed by atoms with Gasteiger partial charge < -0.3 is 10.4 Å². The van der Waals surface area contributed by atoms with Crippen molar-refractivity contribution in [3.05, 3.63) is 63.9 Å². The molecule has 3 aromatic rings. The normalized spacial score (nSPS) is 10.7. The summed E-state index contributed by atoms with van der Waals surface area (Å²) in [5.41, 5.74) is 1.54. The van der Waals surface area contributed by atoms with E-state index in [1.54, 1.807) is 16.8 Å². The highest BCUT2D eigenvalue weighted by Crippen LogP contribution is 2.24. The van der Waals surface area contributed by atoms with Crippen LogP contribution in [0.1, 0.15) is 10.6 Å². The lowest BCUT2D eigenvalue weighted by Crippen LogP contribution is -2.27. The molecule has 3 rings (SSSR count). The molecular formula is C17H14BrClN4O2. The van der Waals surface area contributed by atoms with Gasteiger partial charge in [0.05, 0.1) is 12.3 Å². The van der Waals surface area contributed by atoms with Crippen LogP contribution in [0.2, 0.25) is 5.02 Å². The maximum atomic E-state index is 12.2. The van der Waals surface area contributed by atoms with E-state index in [0.29, 0.717) is 10.8 Å². The van der Waals surface area contributed by atoms with Gasteiger partial charge in [-0.3, -0.25) is 4.79 Å². The lowest BCUT2D eigenvalue weighted by molar-refractivity contribution is 0.0934. The summed E-state index contributed by atoms with van der Waals surface area (Å²) in [5.74, 6) is 0.106. The minimum absolute atomic E-state index is 0.0290. The van der Waals surface area contributed by atoms with Gasteiger partial charge in [-0.15, -0.1) is 5.10 Å². The zero-order valence-corrected chi connectivity index (χ0v) is 15.3. The zero-order chi connectivity index (χ0) is 17.8. The van der Waals surface area contributed by atoms with Crippen LogP contribution in [-0.4, -0.2) is 38.9 Å². The predicted molar refractivity (Wildman–Crippen MR) is 98.9 cm³/mol. The first kappa shape index (κ1) is 17.6. The van der Waals surface area contributed by atoms with Gasteiger partial charge in [-0.1, -0.05) is 27.5 Å². The number of halogens is 2. The Morgan fingerprint density at radius 3 is 2.48 bits per heavy atom. The molecule has 0 aliphatic heterocycles. The highest BCUT2D eigenvalue weighted by atomic mass is 79.9. The molecule has 0 saturated heterocycles. The maximum absolute atomic E-state index is 12.2. The van der Waals surface area contributed by atoms with Crippen LogP contribution in [0.4, 0.5) is 0 Å². The van der Waals surface area contributed by atoms with Gasteiger partial charge in [0, 0.05) is 21.6 Å². The minimum atomic E-state index is -0.444. The lowest BCUT2D eigenvalue weighted by atomic mass is 10.2. The van der Waals surface area contributed by atoms with Crippen molar-refractivity contribution < 1.29 is 9.90 Å². The van der Waals surface area contributed by atoms with Crippen LogP contribution < -0.4 is 5.32 Å². The standard InChI is InChI=1S/C17H14BrClN4O2/c18-12-3-7-14(8-4-12)23-16(11-1-5-13(19)6-2-11)21-15(22-23)17(25)20-9-10-24/h1-8,24H,9-10H2,(H,20,25). The van der Waals surface area contributed by atoms with E-state index in [4.69, 9.17) is 16.7 Å². The number of carbonyl (C=O) groups excluding carboxylic acids is 1. The monoisotopic (exact) mass is 420 g/mol. The fourth-order valence-electron chi connectivity index (χ4n) is 2.20. The van der Waals surface area contributed by atoms with Crippen LogP contribution in [0.3, 0.4) is 0 Å². The molecular weight excluding hydrogens is 408 g/mol. The number of hydrogen-bond donors (Lipinski definition) is 2. The van der Waals surface area contributed by atoms with Crippen LogP contribution >= 0.6 is 27.5 Å². The molecule has 2 aromatic carbocycles. The smallest absolute Gasteiger partial charge is 0.291 e. The largest absolute Gasteiger partial charge is 0.395 e. The SMILES string of the molecule is O=C(NCCO)c1nc(-c2ccc(Cl)cc2)n(-c2ccc(Br)cc2)n1. The molecule has 1 amide bonds. The molecule has 0 unspecified atom stereocenters. The van der Waals surface area contributed by atoms with Crippen LogP contribution in [0.5, 0.6) is 0 Å². The first-order valence-corrected chi connectivity index (χ1v) is 8.63. The number of aromatic nitrogens is 3. The van der Waals surface area contributed by atoms with E-state index in [2.05, 4.69) is 31.3 Å². The summed E-state index contributed by atoms with van der Waals surface area (Å²) in [6.45, 7) is -0.00879. The molecule has 0 atom stereocenters. The van der Waals surface area contributed by atoms with Gasteiger partial charge in [-0.2, -0.15) is 0 Å². The topological polar surface area (TPSA) is 80.0 Å². The van der Waals surface area contributed by atoms with E-state index in [0.717, 1.165) is 15.7 Å². The van der Waals surface area contributed by atoms with Crippen molar-refractivity contribution in [2.75, 3.05) is 13.2 Å². The average molecular weight is 422 g/mol. The van der Waals surface area contributed by atoms with Gasteiger partial charge in [-0.05, 0) is 48.5 Å². The molecule has 1 aromatic heterocycles. The number of benzene rings is 2. The van der Waals surface area contributed by atoms with E-state index in [9.17, 15) is 4.79 Å². The molecule has 0 fully saturated rings. The molecule has 0 radical (unpaired) electrons. The van der Waals surface area contributed by atoms with E-state index in [1.807, 2.05) is 36.4 Å². The summed E-state index contributed by atoms with van der Waals surface area (Å²) in [5, 5.41) is 16.3. The second kappa shape index (κ2) is 7.77. The van der Waals surface area contributed by atoms with Crippen molar-refractivity contribution in [2.45, 2.75) is 0 Å². The highest BCUT2D eigenvalue weighted by molar-refractivity contribution is 9.10. The molecule has 25 heavy (non-hydrogen) atoms. The second-order valence-electron chi connectivity index (χ2n) is 5.13. The van der Waals surface area contributed by atoms with Crippen LogP contribution in [0, 0.1) is 0 Å². The molecule has 2 N–H and O–H groups in total. The third-order valence-electron chi connectivity index (χ3n) is 3.38. The number of amides is 1. The van der Waals surface area contributed by atoms with Gasteiger partial charge in [0.1, 0.15) is 0 Å². The molecule has 0 bridgehead atoms. The van der Waals surface area contributed by atoms with Gasteiger partial charge in [0.15, 0.2) is 5.82 Å². The van der Waals surface area contributed by atoms with Crippen molar-refractivity contribution in [3.63, 3.8) is 0 Å². The van der Waals surface area contributed by atoms with Crippen LogP contribution in [-0.2, 0) is 0 Å². The Bertz CT molecular complexity index is 816. The van der Waals surface area contributed by atoms with E-state index >= 15 is 0 Å². The minimum Gasteiger partial charge on any atom is -0.395 e. The van der Waals surface area contributed by atoms with Crippen molar-refractivity contribution in [2.24, 2.45) is 0 Å². The quantitative estimate of drug-likeness (QED) is 0.663. The Morgan fingerprint density at radius 1 is 1.16 bits per heavy atom. The number of aliphatic hydroxyl groups is 1. The molecule has 0 aliphatic carbocycles. The van der Waals surface area contributed by atoms with E-state index in [-0.39, 0.29) is 19.0 Å². The fraction of sp³-hybridized carbons (Fsp3) is 0.118. The number of aliphatic hydroxyl groups excluding tert-OH is 1. The van der Waals surface area contributed by atoms with Crippen LogP contribution in [0.25, 0.3) is 17.1 Å². The molecule has 128 valence electrons. The number of rotatable bonds is 5. The van der Waals surface area contributed by atoms with Crippen molar-refractivity contribution in [1.82, 2.24) is 20.1 Å². The molecule has 6 nitrogen and oxygen atoms in total. The van der Waals surface area contributed by atoms with Crippen molar-refractivity contribution >= 4 is 33.4 Å². The molecule has 0 saturated carbocycles. The summed E-state index contributed by atoms with van der Waals surface area (Å²) < 4.78 is 2.54. The Kier molecular flexibility index (Phi) is 5.47. The summed E-state index contributed by atoms with van der Waals surface area (Å²) >= 11 is 9.35. The Hall–Kier alpha value is -2.22. The maximum Gasteiger partial charge on any atom is 0.291 e. The summed E-state index contributed by atoms with van der Waals surface area (Å²) in [7, 11) is 0. The Balaban J connectivity index is 2.07. The Labute approximate surface area is 157 Å². The van der Waals surface area contributed by atoms with Crippen molar-refractivity contribution in [1.29, 1.82) is 0 Å². The van der Waals surface area contributed by atoms with Gasteiger partial charge in [0.2, 0.25) is 5.82 Å². The zero-order valence-electron chi connectivity index (χ0n) is 13.0. The third-order valence-corrected chi connectivity index (χ3v) is 4.16. The predicted octanol–water partition coefficient (Wildman–Crippen LogP) is 3.07. The van der Waals surface area contributed by atoms with Gasteiger partial charge >= 0.3 is 0 Å². The number of nitrogens with one attached hydrogen (secondary N) is 1. The molecule has 8 heteroatoms. The Morgan fingerprint density at radius 2 is 1.84 bits per heavy atom. The van der Waals surface area contributed by atoms with Gasteiger partial charge in [0.25, 0.3) is 5.91 Å². The molecule has 1 heterocycles. The van der Waals surface area contributed by atoms with Gasteiger partial charge in [-0.25, -0.2) is 9.67 Å². The summed E-state index contributed by atoms with van der Waals surface area (Å²) in [6, 6.07) is 14.6. The summed E-state index contributed by atoms with van der Waals surface area (Å²) in [6.07, 6.45) is 0. The van der Waals surface area contributed by atoms with E-state index < -0.39 is 5.91 Å². The molecule has 0 aliphatic rings. The van der Waals surface area contributed by atoms with Crippen LogP contribution in [0.15, 0.2) is 53.0 Å². The fourth-order valence-corrected chi connectivity index (χ4v) is 2.60. The molecule has 0 spiro atoms. The number of nitrogens with zero attached hydrogens (tertiary/aromatic N) is 3. The summed E-state index contributed by atoms with van der Waals surface area (Å²) in [4.78, 5) is 16.5. The van der Waals surface area contributed by atoms with Crippen molar-refractivity contribution in [3.8, 4) is 17.1 Å².